The molecule has 0 radical (unpaired) electrons. The minimum atomic E-state index is -0.525. The summed E-state index contributed by atoms with van der Waals surface area (Å²) < 4.78 is 8.15. The first-order valence-electron chi connectivity index (χ1n) is 7.89. The van der Waals surface area contributed by atoms with Crippen LogP contribution in [0.3, 0.4) is 0 Å². The molecular formula is C16H18N4O3S. The molecule has 7 nitrogen and oxygen atoms in total. The Labute approximate surface area is 142 Å². The fourth-order valence-electron chi connectivity index (χ4n) is 2.95. The van der Waals surface area contributed by atoms with Gasteiger partial charge in [-0.3, -0.25) is 13.9 Å². The maximum absolute atomic E-state index is 12.6. The molecule has 0 aliphatic carbocycles. The number of nitrogens with zero attached hydrogens (tertiary/aromatic N) is 4. The molecule has 3 rings (SSSR count). The van der Waals surface area contributed by atoms with Crippen molar-refractivity contribution in [3.63, 3.8) is 0 Å². The van der Waals surface area contributed by atoms with Gasteiger partial charge in [0.15, 0.2) is 0 Å². The van der Waals surface area contributed by atoms with Gasteiger partial charge in [0.1, 0.15) is 22.7 Å². The van der Waals surface area contributed by atoms with E-state index in [0.717, 1.165) is 16.0 Å². The molecule has 0 saturated heterocycles. The molecule has 3 heterocycles. The van der Waals surface area contributed by atoms with Gasteiger partial charge < -0.3 is 4.74 Å². The molecule has 0 spiro atoms. The van der Waals surface area contributed by atoms with Crippen molar-refractivity contribution < 1.29 is 4.74 Å². The molecule has 0 fully saturated rings. The maximum atomic E-state index is 12.6. The average molecular weight is 346 g/mol. The summed E-state index contributed by atoms with van der Waals surface area (Å²) in [5, 5.41) is 11.9. The molecule has 0 aromatic carbocycles. The van der Waals surface area contributed by atoms with Crippen LogP contribution in [0.25, 0.3) is 0 Å². The summed E-state index contributed by atoms with van der Waals surface area (Å²) in [4.78, 5) is 29.5. The summed E-state index contributed by atoms with van der Waals surface area (Å²) in [6, 6.07) is 1.96. The number of hydrogen-bond acceptors (Lipinski definition) is 6. The topological polar surface area (TPSA) is 89.9 Å². The van der Waals surface area contributed by atoms with Crippen molar-refractivity contribution in [3.05, 3.63) is 48.2 Å². The number of hydrogen-bond donors (Lipinski definition) is 0. The lowest BCUT2D eigenvalue weighted by molar-refractivity contribution is 0.0761. The lowest BCUT2D eigenvalue weighted by atomic mass is 10.2. The Morgan fingerprint density at radius 1 is 1.50 bits per heavy atom. The third-order valence-corrected chi connectivity index (χ3v) is 5.15. The molecule has 1 aliphatic rings. The van der Waals surface area contributed by atoms with Gasteiger partial charge in [0.2, 0.25) is 0 Å². The second-order valence-corrected chi connectivity index (χ2v) is 6.53. The average Bonchev–Trinajstić information content (AvgIpc) is 3.22. The molecule has 1 aliphatic heterocycles. The van der Waals surface area contributed by atoms with Crippen LogP contribution in [0.15, 0.2) is 15.0 Å². The zero-order valence-electron chi connectivity index (χ0n) is 13.6. The lowest BCUT2D eigenvalue weighted by Crippen LogP contribution is -2.42. The SMILES string of the molecule is CCO[C@@H](C)c1nc(Cn2c(=O)c(C#N)c3n(c2=O)CCC3)cs1. The largest absolute Gasteiger partial charge is 0.372 e. The second kappa shape index (κ2) is 6.71. The first kappa shape index (κ1) is 16.6. The van der Waals surface area contributed by atoms with E-state index >= 15 is 0 Å². The van der Waals surface area contributed by atoms with Gasteiger partial charge in [-0.1, -0.05) is 0 Å². The fraction of sp³-hybridized carbons (Fsp3) is 0.500. The molecule has 0 amide bonds. The van der Waals surface area contributed by atoms with Gasteiger partial charge >= 0.3 is 5.69 Å². The first-order valence-corrected chi connectivity index (χ1v) is 8.77. The summed E-state index contributed by atoms with van der Waals surface area (Å²) in [6.45, 7) is 5.04. The normalized spacial score (nSPS) is 14.4. The molecule has 1 atom stereocenters. The van der Waals surface area contributed by atoms with Crippen molar-refractivity contribution in [2.24, 2.45) is 0 Å². The van der Waals surface area contributed by atoms with Gasteiger partial charge in [-0.25, -0.2) is 9.78 Å². The molecule has 126 valence electrons. The van der Waals surface area contributed by atoms with Gasteiger partial charge in [0, 0.05) is 24.2 Å². The minimum Gasteiger partial charge on any atom is -0.372 e. The highest BCUT2D eigenvalue weighted by Crippen LogP contribution is 2.21. The molecular weight excluding hydrogens is 328 g/mol. The molecule has 2 aromatic heterocycles. The third-order valence-electron chi connectivity index (χ3n) is 4.10. The highest BCUT2D eigenvalue weighted by atomic mass is 32.1. The van der Waals surface area contributed by atoms with Crippen LogP contribution in [0, 0.1) is 11.3 Å². The highest BCUT2D eigenvalue weighted by Gasteiger charge is 2.23. The highest BCUT2D eigenvalue weighted by molar-refractivity contribution is 7.09. The molecule has 0 saturated carbocycles. The smallest absolute Gasteiger partial charge is 0.331 e. The van der Waals surface area contributed by atoms with Gasteiger partial charge in [-0.2, -0.15) is 5.26 Å². The Hall–Kier alpha value is -2.24. The molecule has 2 aromatic rings. The second-order valence-electron chi connectivity index (χ2n) is 5.64. The quantitative estimate of drug-likeness (QED) is 0.817. The van der Waals surface area contributed by atoms with Crippen LogP contribution in [0.5, 0.6) is 0 Å². The van der Waals surface area contributed by atoms with Crippen molar-refractivity contribution in [1.82, 2.24) is 14.1 Å². The van der Waals surface area contributed by atoms with E-state index in [1.807, 2.05) is 25.3 Å². The van der Waals surface area contributed by atoms with E-state index in [-0.39, 0.29) is 23.9 Å². The predicted molar refractivity (Wildman–Crippen MR) is 89.3 cm³/mol. The van der Waals surface area contributed by atoms with Gasteiger partial charge in [0.25, 0.3) is 5.56 Å². The first-order chi connectivity index (χ1) is 11.6. The number of nitriles is 1. The Bertz CT molecular complexity index is 919. The molecule has 8 heteroatoms. The van der Waals surface area contributed by atoms with E-state index in [4.69, 9.17) is 4.74 Å². The maximum Gasteiger partial charge on any atom is 0.331 e. The standard InChI is InChI=1S/C16H18N4O3S/c1-3-23-10(2)14-18-11(9-24-14)8-20-15(21)12(7-17)13-5-4-6-19(13)16(20)22/h9-10H,3-6,8H2,1-2H3/t10-/m0/s1. The van der Waals surface area contributed by atoms with E-state index < -0.39 is 5.56 Å². The Morgan fingerprint density at radius 3 is 3.00 bits per heavy atom. The minimum absolute atomic E-state index is 0.0714. The van der Waals surface area contributed by atoms with Gasteiger partial charge in [0.05, 0.1) is 12.2 Å². The zero-order chi connectivity index (χ0) is 17.3. The van der Waals surface area contributed by atoms with Crippen LogP contribution in [0.2, 0.25) is 0 Å². The molecule has 0 N–H and O–H groups in total. The van der Waals surface area contributed by atoms with Crippen LogP contribution in [-0.2, 0) is 24.2 Å². The Morgan fingerprint density at radius 2 is 2.29 bits per heavy atom. The van der Waals surface area contributed by atoms with Gasteiger partial charge in [-0.15, -0.1) is 11.3 Å². The number of fused-ring (bicyclic) bond motifs is 1. The van der Waals surface area contributed by atoms with Crippen LogP contribution in [-0.4, -0.2) is 20.7 Å². The molecule has 0 bridgehead atoms. The number of thiazole rings is 1. The third kappa shape index (κ3) is 2.81. The van der Waals surface area contributed by atoms with Gasteiger partial charge in [-0.05, 0) is 26.7 Å². The number of ether oxygens (including phenoxy) is 1. The van der Waals surface area contributed by atoms with Crippen molar-refractivity contribution in [3.8, 4) is 6.07 Å². The van der Waals surface area contributed by atoms with Crippen molar-refractivity contribution in [2.45, 2.75) is 45.9 Å². The number of aromatic nitrogens is 3. The molecule has 0 unspecified atom stereocenters. The van der Waals surface area contributed by atoms with Crippen molar-refractivity contribution in [1.29, 1.82) is 5.26 Å². The van der Waals surface area contributed by atoms with Crippen LogP contribution < -0.4 is 11.2 Å². The predicted octanol–water partition coefficient (Wildman–Crippen LogP) is 1.43. The van der Waals surface area contributed by atoms with E-state index in [2.05, 4.69) is 4.98 Å². The summed E-state index contributed by atoms with van der Waals surface area (Å²) >= 11 is 1.44. The van der Waals surface area contributed by atoms with Crippen molar-refractivity contribution >= 4 is 11.3 Å². The summed E-state index contributed by atoms with van der Waals surface area (Å²) in [6.07, 6.45) is 1.25. The Kier molecular flexibility index (Phi) is 4.64. The van der Waals surface area contributed by atoms with E-state index in [1.165, 1.54) is 15.9 Å². The summed E-state index contributed by atoms with van der Waals surface area (Å²) in [5.41, 5.74) is 0.378. The van der Waals surface area contributed by atoms with Crippen LogP contribution >= 0.6 is 11.3 Å². The fourth-order valence-corrected chi connectivity index (χ4v) is 3.77. The van der Waals surface area contributed by atoms with Crippen LogP contribution in [0.4, 0.5) is 0 Å². The number of rotatable bonds is 5. The van der Waals surface area contributed by atoms with Crippen LogP contribution in [0.1, 0.15) is 48.3 Å². The molecule has 24 heavy (non-hydrogen) atoms. The Balaban J connectivity index is 1.99. The summed E-state index contributed by atoms with van der Waals surface area (Å²) in [7, 11) is 0. The lowest BCUT2D eigenvalue weighted by Gasteiger charge is -2.10. The van der Waals surface area contributed by atoms with E-state index in [9.17, 15) is 14.9 Å². The van der Waals surface area contributed by atoms with E-state index in [0.29, 0.717) is 31.0 Å². The van der Waals surface area contributed by atoms with Crippen molar-refractivity contribution in [2.75, 3.05) is 6.61 Å². The van der Waals surface area contributed by atoms with E-state index in [1.54, 1.807) is 0 Å². The monoisotopic (exact) mass is 346 g/mol. The zero-order valence-corrected chi connectivity index (χ0v) is 14.4. The summed E-state index contributed by atoms with van der Waals surface area (Å²) in [5.74, 6) is 0.